The van der Waals surface area contributed by atoms with Crippen molar-refractivity contribution in [1.29, 1.82) is 0 Å². The molecule has 1 aliphatic rings. The van der Waals surface area contributed by atoms with Crippen LogP contribution in [-0.2, 0) is 4.79 Å². The number of aliphatic carboxylic acids is 1. The molecule has 0 spiro atoms. The smallest absolute Gasteiger partial charge is 0.306 e. The quantitative estimate of drug-likeness (QED) is 0.559. The number of pyridine rings is 1. The standard InChI is InChI=1S/C17H20N2O5/c20-13-5-3-11(12-4-6-15(22)19-16(12)13)14(21)8-18-10-2-1-9(7-10)17(23)24/h3-6,9-10,14,18,20-21H,1-2,7-8H2,(H,19,22)(H,23,24)/t9-,10+,14?/m1/s1. The van der Waals surface area contributed by atoms with Crippen molar-refractivity contribution < 1.29 is 20.1 Å². The molecule has 0 radical (unpaired) electrons. The van der Waals surface area contributed by atoms with E-state index in [1.807, 2.05) is 0 Å². The second-order valence-corrected chi connectivity index (χ2v) is 6.25. The molecule has 1 heterocycles. The molecule has 1 unspecified atom stereocenters. The van der Waals surface area contributed by atoms with E-state index in [-0.39, 0.29) is 29.8 Å². The maximum Gasteiger partial charge on any atom is 0.306 e. The van der Waals surface area contributed by atoms with E-state index >= 15 is 0 Å². The van der Waals surface area contributed by atoms with Gasteiger partial charge >= 0.3 is 5.97 Å². The van der Waals surface area contributed by atoms with Crippen LogP contribution in [0.1, 0.15) is 30.9 Å². The lowest BCUT2D eigenvalue weighted by Gasteiger charge is -2.18. The highest BCUT2D eigenvalue weighted by Gasteiger charge is 2.29. The topological polar surface area (TPSA) is 123 Å². The fraction of sp³-hybridized carbons (Fsp3) is 0.412. The van der Waals surface area contributed by atoms with Gasteiger partial charge in [-0.1, -0.05) is 6.07 Å². The molecule has 1 aliphatic carbocycles. The number of phenolic OH excluding ortho intramolecular Hbond substituents is 1. The highest BCUT2D eigenvalue weighted by Crippen LogP contribution is 2.29. The first kappa shape index (κ1) is 16.5. The van der Waals surface area contributed by atoms with Crippen LogP contribution in [0.2, 0.25) is 0 Å². The van der Waals surface area contributed by atoms with Crippen molar-refractivity contribution in [3.8, 4) is 5.75 Å². The predicted molar refractivity (Wildman–Crippen MR) is 88.0 cm³/mol. The summed E-state index contributed by atoms with van der Waals surface area (Å²) in [5.41, 5.74) is 0.568. The average molecular weight is 332 g/mol. The van der Waals surface area contributed by atoms with Gasteiger partial charge in [-0.25, -0.2) is 0 Å². The van der Waals surface area contributed by atoms with E-state index in [1.54, 1.807) is 12.1 Å². The molecule has 3 rings (SSSR count). The number of carbonyl (C=O) groups is 1. The molecular formula is C17H20N2O5. The van der Waals surface area contributed by atoms with Crippen molar-refractivity contribution in [3.05, 3.63) is 40.2 Å². The summed E-state index contributed by atoms with van der Waals surface area (Å²) in [7, 11) is 0. The monoisotopic (exact) mass is 332 g/mol. The Balaban J connectivity index is 1.73. The van der Waals surface area contributed by atoms with E-state index in [1.165, 1.54) is 12.1 Å². The van der Waals surface area contributed by atoms with Gasteiger partial charge in [0.2, 0.25) is 5.56 Å². The summed E-state index contributed by atoms with van der Waals surface area (Å²) < 4.78 is 0. The number of carboxylic acids is 1. The predicted octanol–water partition coefficient (Wildman–Crippen LogP) is 1.11. The SMILES string of the molecule is O=C(O)[C@@H]1CC[C@H](NCC(O)c2ccc(O)c3[nH]c(=O)ccc23)C1. The van der Waals surface area contributed by atoms with Crippen molar-refractivity contribution in [2.75, 3.05) is 6.54 Å². The molecule has 1 fully saturated rings. The van der Waals surface area contributed by atoms with Crippen molar-refractivity contribution >= 4 is 16.9 Å². The Morgan fingerprint density at radius 2 is 2.08 bits per heavy atom. The number of benzene rings is 1. The maximum atomic E-state index is 11.4. The Morgan fingerprint density at radius 3 is 2.79 bits per heavy atom. The van der Waals surface area contributed by atoms with Crippen molar-refractivity contribution in [1.82, 2.24) is 10.3 Å². The lowest BCUT2D eigenvalue weighted by molar-refractivity contribution is -0.141. The molecule has 0 bridgehead atoms. The summed E-state index contributed by atoms with van der Waals surface area (Å²) in [6.07, 6.45) is 1.15. The maximum absolute atomic E-state index is 11.4. The highest BCUT2D eigenvalue weighted by molar-refractivity contribution is 5.87. The Labute approximate surface area is 138 Å². The molecule has 0 saturated heterocycles. The number of hydrogen-bond acceptors (Lipinski definition) is 5. The zero-order valence-corrected chi connectivity index (χ0v) is 13.0. The van der Waals surface area contributed by atoms with Gasteiger partial charge in [0.1, 0.15) is 5.75 Å². The number of carboxylic acid groups (broad SMARTS) is 1. The van der Waals surface area contributed by atoms with Gasteiger partial charge in [-0.3, -0.25) is 9.59 Å². The van der Waals surface area contributed by atoms with Crippen LogP contribution in [0.15, 0.2) is 29.1 Å². The molecule has 3 atom stereocenters. The van der Waals surface area contributed by atoms with Crippen molar-refractivity contribution in [2.24, 2.45) is 5.92 Å². The van der Waals surface area contributed by atoms with Crippen LogP contribution in [-0.4, -0.2) is 38.9 Å². The molecular weight excluding hydrogens is 312 g/mol. The van der Waals surface area contributed by atoms with Crippen LogP contribution in [0.4, 0.5) is 0 Å². The Hall–Kier alpha value is -2.38. The van der Waals surface area contributed by atoms with Crippen LogP contribution in [0.5, 0.6) is 5.75 Å². The summed E-state index contributed by atoms with van der Waals surface area (Å²) in [6.45, 7) is 0.274. The number of rotatable bonds is 5. The molecule has 7 nitrogen and oxygen atoms in total. The Bertz CT molecular complexity index is 816. The van der Waals surface area contributed by atoms with Crippen LogP contribution >= 0.6 is 0 Å². The van der Waals surface area contributed by atoms with Gasteiger partial charge in [0.15, 0.2) is 0 Å². The summed E-state index contributed by atoms with van der Waals surface area (Å²) in [4.78, 5) is 25.0. The molecule has 0 aliphatic heterocycles. The third kappa shape index (κ3) is 3.27. The third-order valence-corrected chi connectivity index (χ3v) is 4.65. The van der Waals surface area contributed by atoms with E-state index in [0.29, 0.717) is 29.3 Å². The number of aliphatic hydroxyl groups excluding tert-OH is 1. The normalized spacial score (nSPS) is 21.9. The number of aliphatic hydroxyl groups is 1. The van der Waals surface area contributed by atoms with Crippen LogP contribution < -0.4 is 10.9 Å². The number of nitrogens with one attached hydrogen (secondary N) is 2. The van der Waals surface area contributed by atoms with Crippen LogP contribution in [0, 0.1) is 5.92 Å². The van der Waals surface area contributed by atoms with E-state index in [2.05, 4.69) is 10.3 Å². The number of hydrogen-bond donors (Lipinski definition) is 5. The first-order valence-corrected chi connectivity index (χ1v) is 7.95. The number of fused-ring (bicyclic) bond motifs is 1. The minimum Gasteiger partial charge on any atom is -0.506 e. The third-order valence-electron chi connectivity index (χ3n) is 4.65. The fourth-order valence-corrected chi connectivity index (χ4v) is 3.33. The van der Waals surface area contributed by atoms with Crippen molar-refractivity contribution in [2.45, 2.75) is 31.4 Å². The van der Waals surface area contributed by atoms with E-state index in [4.69, 9.17) is 5.11 Å². The number of phenols is 1. The molecule has 1 aromatic carbocycles. The molecule has 2 aromatic rings. The molecule has 24 heavy (non-hydrogen) atoms. The number of aromatic nitrogens is 1. The molecule has 1 aromatic heterocycles. The van der Waals surface area contributed by atoms with Gasteiger partial charge in [-0.2, -0.15) is 0 Å². The Kier molecular flexibility index (Phi) is 4.55. The van der Waals surface area contributed by atoms with Crippen LogP contribution in [0.3, 0.4) is 0 Å². The van der Waals surface area contributed by atoms with Gasteiger partial charge in [0.05, 0.1) is 17.5 Å². The first-order valence-electron chi connectivity index (χ1n) is 7.95. The summed E-state index contributed by atoms with van der Waals surface area (Å²) >= 11 is 0. The van der Waals surface area contributed by atoms with Crippen LogP contribution in [0.25, 0.3) is 10.9 Å². The summed E-state index contributed by atoms with van der Waals surface area (Å²) in [5.74, 6) is -1.14. The average Bonchev–Trinajstić information content (AvgIpc) is 3.03. The molecule has 0 amide bonds. The molecule has 7 heteroatoms. The Morgan fingerprint density at radius 1 is 1.29 bits per heavy atom. The zero-order valence-electron chi connectivity index (χ0n) is 13.0. The van der Waals surface area contributed by atoms with Gasteiger partial charge in [0, 0.05) is 24.0 Å². The fourth-order valence-electron chi connectivity index (χ4n) is 3.33. The molecule has 1 saturated carbocycles. The molecule has 5 N–H and O–H groups in total. The largest absolute Gasteiger partial charge is 0.506 e. The number of H-pyrrole nitrogens is 1. The van der Waals surface area contributed by atoms with Gasteiger partial charge in [-0.15, -0.1) is 0 Å². The highest BCUT2D eigenvalue weighted by atomic mass is 16.4. The first-order chi connectivity index (χ1) is 11.5. The minimum absolute atomic E-state index is 0.0493. The van der Waals surface area contributed by atoms with E-state index in [0.717, 1.165) is 6.42 Å². The zero-order chi connectivity index (χ0) is 17.3. The lowest BCUT2D eigenvalue weighted by atomic mass is 10.0. The number of aromatic amines is 1. The second-order valence-electron chi connectivity index (χ2n) is 6.25. The second kappa shape index (κ2) is 6.62. The lowest BCUT2D eigenvalue weighted by Crippen LogP contribution is -2.31. The van der Waals surface area contributed by atoms with Gasteiger partial charge in [-0.05, 0) is 37.0 Å². The summed E-state index contributed by atoms with van der Waals surface area (Å²) in [5, 5.41) is 33.1. The van der Waals surface area contributed by atoms with E-state index < -0.39 is 12.1 Å². The van der Waals surface area contributed by atoms with Gasteiger partial charge in [0.25, 0.3) is 0 Å². The van der Waals surface area contributed by atoms with E-state index in [9.17, 15) is 19.8 Å². The van der Waals surface area contributed by atoms with Crippen molar-refractivity contribution in [3.63, 3.8) is 0 Å². The number of aromatic hydroxyl groups is 1. The minimum atomic E-state index is -0.831. The van der Waals surface area contributed by atoms with Gasteiger partial charge < -0.3 is 25.6 Å². The molecule has 128 valence electrons. The summed E-state index contributed by atoms with van der Waals surface area (Å²) in [6, 6.07) is 6.05.